The van der Waals surface area contributed by atoms with Gasteiger partial charge in [0.25, 0.3) is 0 Å². The highest BCUT2D eigenvalue weighted by Crippen LogP contribution is 2.07. The van der Waals surface area contributed by atoms with E-state index in [1.807, 2.05) is 0 Å². The third-order valence-corrected chi connectivity index (χ3v) is 1.62. The average Bonchev–Trinajstić information content (AvgIpc) is 2.05. The number of hydrogen-bond acceptors (Lipinski definition) is 5. The normalized spacial score (nSPS) is 11.1. The van der Waals surface area contributed by atoms with Crippen molar-refractivity contribution in [3.8, 4) is 0 Å². The molecule has 0 N–H and O–H groups in total. The van der Waals surface area contributed by atoms with Crippen LogP contribution in [-0.2, 0) is 9.59 Å². The van der Waals surface area contributed by atoms with E-state index >= 15 is 0 Å². The van der Waals surface area contributed by atoms with Crippen LogP contribution < -0.4 is 0 Å². The second-order valence-electron chi connectivity index (χ2n) is 2.17. The average molecular weight is 186 g/mol. The Balaban J connectivity index is 3.30. The molecule has 12 heavy (non-hydrogen) atoms. The first-order valence-electron chi connectivity index (χ1n) is 3.60. The largest absolute Gasteiger partial charge is 0.236 e. The van der Waals surface area contributed by atoms with Crippen molar-refractivity contribution in [2.24, 2.45) is 9.98 Å². The molecule has 0 amide bonds. The maximum absolute atomic E-state index is 9.74. The van der Waals surface area contributed by atoms with Crippen LogP contribution in [0.4, 0.5) is 0 Å². The Morgan fingerprint density at radius 1 is 1.25 bits per heavy atom. The molecule has 0 bridgehead atoms. The topological polar surface area (TPSA) is 58.9 Å². The lowest BCUT2D eigenvalue weighted by Crippen LogP contribution is -1.94. The van der Waals surface area contributed by atoms with Gasteiger partial charge in [-0.2, -0.15) is 17.6 Å². The molecule has 0 aromatic carbocycles. The highest BCUT2D eigenvalue weighted by molar-refractivity contribution is 7.80. The summed E-state index contributed by atoms with van der Waals surface area (Å²) in [6, 6.07) is 0. The molecule has 0 aliphatic rings. The molecule has 4 nitrogen and oxygen atoms in total. The van der Waals surface area contributed by atoms with Gasteiger partial charge in [0.1, 0.15) is 5.37 Å². The zero-order valence-corrected chi connectivity index (χ0v) is 7.46. The van der Waals surface area contributed by atoms with Gasteiger partial charge in [0.05, 0.1) is 6.54 Å². The van der Waals surface area contributed by atoms with E-state index in [-0.39, 0.29) is 5.37 Å². The predicted octanol–water partition coefficient (Wildman–Crippen LogP) is 1.08. The molecule has 0 saturated carbocycles. The quantitative estimate of drug-likeness (QED) is 0.292. The van der Waals surface area contributed by atoms with Crippen LogP contribution in [0.2, 0.25) is 0 Å². The summed E-state index contributed by atoms with van der Waals surface area (Å²) in [7, 11) is 0. The number of nitrogens with zero attached hydrogens (tertiary/aromatic N) is 2. The fourth-order valence-electron chi connectivity index (χ4n) is 0.689. The molecular weight excluding hydrogens is 176 g/mol. The van der Waals surface area contributed by atoms with Crippen LogP contribution in [-0.4, -0.2) is 24.1 Å². The van der Waals surface area contributed by atoms with Crippen molar-refractivity contribution in [2.75, 3.05) is 6.54 Å². The van der Waals surface area contributed by atoms with Gasteiger partial charge in [0.15, 0.2) is 0 Å². The lowest BCUT2D eigenvalue weighted by atomic mass is 10.2. The zero-order valence-electron chi connectivity index (χ0n) is 6.56. The van der Waals surface area contributed by atoms with Gasteiger partial charge in [-0.1, -0.05) is 0 Å². The van der Waals surface area contributed by atoms with E-state index < -0.39 is 0 Å². The van der Waals surface area contributed by atoms with E-state index in [0.29, 0.717) is 13.0 Å². The minimum Gasteiger partial charge on any atom is -0.211 e. The first-order valence-corrected chi connectivity index (χ1v) is 4.11. The molecule has 0 aliphatic carbocycles. The van der Waals surface area contributed by atoms with Crippen molar-refractivity contribution in [3.63, 3.8) is 0 Å². The second kappa shape index (κ2) is 8.21. The Labute approximate surface area is 76.2 Å². The van der Waals surface area contributed by atoms with Gasteiger partial charge in [-0.3, -0.25) is 0 Å². The van der Waals surface area contributed by atoms with Crippen molar-refractivity contribution in [2.45, 2.75) is 24.6 Å². The monoisotopic (exact) mass is 186 g/mol. The van der Waals surface area contributed by atoms with Gasteiger partial charge in [-0.25, -0.2) is 14.6 Å². The third kappa shape index (κ3) is 7.22. The second-order valence-corrected chi connectivity index (χ2v) is 2.77. The summed E-state index contributed by atoms with van der Waals surface area (Å²) in [6.07, 6.45) is 5.21. The SMILES string of the molecule is O=C=NCCCCC(S)N=C=O. The standard InChI is InChI=1S/C7H10N2O2S/c10-5-8-4-2-1-3-7(12)9-6-11/h7,12H,1-4H2. The molecule has 0 aliphatic heterocycles. The van der Waals surface area contributed by atoms with Crippen molar-refractivity contribution in [1.29, 1.82) is 0 Å². The first-order chi connectivity index (χ1) is 5.81. The summed E-state index contributed by atoms with van der Waals surface area (Å²) in [5.74, 6) is 0. The van der Waals surface area contributed by atoms with Crippen molar-refractivity contribution >= 4 is 24.8 Å². The number of unbranched alkanes of at least 4 members (excludes halogenated alkanes) is 1. The van der Waals surface area contributed by atoms with Crippen LogP contribution >= 0.6 is 12.6 Å². The van der Waals surface area contributed by atoms with E-state index in [9.17, 15) is 9.59 Å². The third-order valence-electron chi connectivity index (χ3n) is 1.25. The van der Waals surface area contributed by atoms with Crippen LogP contribution in [0.3, 0.4) is 0 Å². The molecule has 0 saturated heterocycles. The Morgan fingerprint density at radius 2 is 2.00 bits per heavy atom. The predicted molar refractivity (Wildman–Crippen MR) is 47.7 cm³/mol. The smallest absolute Gasteiger partial charge is 0.211 e. The van der Waals surface area contributed by atoms with Gasteiger partial charge in [-0.05, 0) is 19.3 Å². The summed E-state index contributed by atoms with van der Waals surface area (Å²) in [5, 5.41) is -0.275. The van der Waals surface area contributed by atoms with Crippen molar-refractivity contribution in [3.05, 3.63) is 0 Å². The maximum Gasteiger partial charge on any atom is 0.236 e. The van der Waals surface area contributed by atoms with Gasteiger partial charge in [0.2, 0.25) is 12.2 Å². The number of thiol groups is 1. The molecule has 1 atom stereocenters. The lowest BCUT2D eigenvalue weighted by molar-refractivity contribution is 0.559. The number of isocyanates is 2. The van der Waals surface area contributed by atoms with Crippen LogP contribution in [0.1, 0.15) is 19.3 Å². The van der Waals surface area contributed by atoms with E-state index in [1.165, 1.54) is 12.2 Å². The minimum atomic E-state index is -0.275. The number of rotatable bonds is 6. The highest BCUT2D eigenvalue weighted by atomic mass is 32.1. The molecule has 1 unspecified atom stereocenters. The number of aliphatic imine (C=N–C) groups is 2. The van der Waals surface area contributed by atoms with Crippen molar-refractivity contribution < 1.29 is 9.59 Å². The fraction of sp³-hybridized carbons (Fsp3) is 0.714. The molecule has 0 fully saturated rings. The van der Waals surface area contributed by atoms with E-state index in [4.69, 9.17) is 0 Å². The first kappa shape index (κ1) is 11.1. The molecular formula is C7H10N2O2S. The minimum absolute atomic E-state index is 0.275. The molecule has 5 heteroatoms. The van der Waals surface area contributed by atoms with E-state index in [1.54, 1.807) is 0 Å². The van der Waals surface area contributed by atoms with Crippen LogP contribution in [0.15, 0.2) is 9.98 Å². The van der Waals surface area contributed by atoms with E-state index in [2.05, 4.69) is 22.6 Å². The number of carbonyl (C=O) groups excluding carboxylic acids is 2. The van der Waals surface area contributed by atoms with Gasteiger partial charge in [0, 0.05) is 0 Å². The van der Waals surface area contributed by atoms with Gasteiger partial charge < -0.3 is 0 Å². The maximum atomic E-state index is 9.74. The number of hydrogen-bond donors (Lipinski definition) is 1. The van der Waals surface area contributed by atoms with Crippen LogP contribution in [0.25, 0.3) is 0 Å². The molecule has 0 rings (SSSR count). The Kier molecular flexibility index (Phi) is 7.60. The Bertz CT molecular complexity index is 207. The lowest BCUT2D eigenvalue weighted by Gasteiger charge is -1.99. The molecule has 0 radical (unpaired) electrons. The van der Waals surface area contributed by atoms with E-state index in [0.717, 1.165) is 12.8 Å². The molecule has 0 aromatic heterocycles. The zero-order chi connectivity index (χ0) is 9.23. The highest BCUT2D eigenvalue weighted by Gasteiger charge is 1.98. The summed E-state index contributed by atoms with van der Waals surface area (Å²) < 4.78 is 0. The summed E-state index contributed by atoms with van der Waals surface area (Å²) in [5.41, 5.74) is 0. The molecule has 0 aromatic rings. The van der Waals surface area contributed by atoms with Crippen LogP contribution in [0.5, 0.6) is 0 Å². The van der Waals surface area contributed by atoms with Crippen molar-refractivity contribution in [1.82, 2.24) is 0 Å². The molecule has 0 heterocycles. The van der Waals surface area contributed by atoms with Crippen LogP contribution in [0, 0.1) is 0 Å². The summed E-state index contributed by atoms with van der Waals surface area (Å²) >= 11 is 4.00. The Hall–Kier alpha value is -0.890. The molecule has 0 spiro atoms. The summed E-state index contributed by atoms with van der Waals surface area (Å²) in [6.45, 7) is 0.481. The van der Waals surface area contributed by atoms with Gasteiger partial charge >= 0.3 is 0 Å². The Morgan fingerprint density at radius 3 is 2.58 bits per heavy atom. The van der Waals surface area contributed by atoms with Gasteiger partial charge in [-0.15, -0.1) is 0 Å². The fourth-order valence-corrected chi connectivity index (χ4v) is 0.919. The molecule has 66 valence electrons. The summed E-state index contributed by atoms with van der Waals surface area (Å²) in [4.78, 5) is 26.1.